The molecule has 4 nitrogen and oxygen atoms in total. The van der Waals surface area contributed by atoms with E-state index >= 15 is 0 Å². The number of halogens is 2. The maximum Gasteiger partial charge on any atom is 0.141 e. The van der Waals surface area contributed by atoms with Crippen molar-refractivity contribution in [2.45, 2.75) is 19.4 Å². The van der Waals surface area contributed by atoms with E-state index in [4.69, 9.17) is 22.5 Å². The Labute approximate surface area is 104 Å². The van der Waals surface area contributed by atoms with E-state index in [1.807, 2.05) is 0 Å². The van der Waals surface area contributed by atoms with Crippen molar-refractivity contribution < 1.29 is 9.60 Å². The predicted octanol–water partition coefficient (Wildman–Crippen LogP) is 2.10. The molecule has 0 heterocycles. The Morgan fingerprint density at radius 1 is 1.53 bits per heavy atom. The van der Waals surface area contributed by atoms with Crippen LogP contribution in [0.5, 0.6) is 0 Å². The number of nitrogens with two attached hydrogens (primary N) is 1. The molecule has 0 aliphatic carbocycles. The van der Waals surface area contributed by atoms with Crippen molar-refractivity contribution in [3.63, 3.8) is 0 Å². The molecule has 1 aromatic rings. The van der Waals surface area contributed by atoms with Gasteiger partial charge in [-0.2, -0.15) is 0 Å². The molecule has 4 N–H and O–H groups in total. The summed E-state index contributed by atoms with van der Waals surface area (Å²) in [6.45, 7) is 1.33. The van der Waals surface area contributed by atoms with E-state index in [2.05, 4.69) is 10.5 Å². The van der Waals surface area contributed by atoms with E-state index in [9.17, 15) is 4.39 Å². The lowest BCUT2D eigenvalue weighted by molar-refractivity contribution is 0.316. The van der Waals surface area contributed by atoms with E-state index in [1.165, 1.54) is 6.07 Å². The normalized spacial score (nSPS) is 11.8. The fourth-order valence-electron chi connectivity index (χ4n) is 1.33. The van der Waals surface area contributed by atoms with Crippen molar-refractivity contribution >= 4 is 17.4 Å². The van der Waals surface area contributed by atoms with Gasteiger partial charge in [0.1, 0.15) is 11.7 Å². The van der Waals surface area contributed by atoms with Crippen molar-refractivity contribution in [1.29, 1.82) is 0 Å². The first-order valence-electron chi connectivity index (χ1n) is 5.24. The Morgan fingerprint density at radius 2 is 2.29 bits per heavy atom. The lowest BCUT2D eigenvalue weighted by atomic mass is 10.2. The second kappa shape index (κ2) is 7.09. The number of hydrogen-bond donors (Lipinski definition) is 3. The summed E-state index contributed by atoms with van der Waals surface area (Å²) >= 11 is 5.65. The zero-order valence-corrected chi connectivity index (χ0v) is 10.0. The van der Waals surface area contributed by atoms with Crippen LogP contribution in [0.15, 0.2) is 23.4 Å². The summed E-state index contributed by atoms with van der Waals surface area (Å²) in [6.07, 6.45) is 1.30. The van der Waals surface area contributed by atoms with Crippen molar-refractivity contribution in [2.24, 2.45) is 10.9 Å². The van der Waals surface area contributed by atoms with Gasteiger partial charge in [-0.3, -0.25) is 0 Å². The minimum atomic E-state index is -0.414. The number of hydrogen-bond acceptors (Lipinski definition) is 3. The molecule has 0 atom stereocenters. The van der Waals surface area contributed by atoms with Gasteiger partial charge in [0.05, 0.1) is 5.02 Å². The molecule has 0 spiro atoms. The van der Waals surface area contributed by atoms with Crippen LogP contribution in [0.1, 0.15) is 18.4 Å². The Morgan fingerprint density at radius 3 is 2.94 bits per heavy atom. The zero-order chi connectivity index (χ0) is 12.7. The maximum atomic E-state index is 12.9. The van der Waals surface area contributed by atoms with E-state index in [1.54, 1.807) is 12.1 Å². The highest BCUT2D eigenvalue weighted by Crippen LogP contribution is 2.15. The van der Waals surface area contributed by atoms with Gasteiger partial charge >= 0.3 is 0 Å². The molecule has 0 saturated carbocycles. The molecule has 0 fully saturated rings. The zero-order valence-electron chi connectivity index (χ0n) is 9.29. The number of amidine groups is 1. The third-order valence-corrected chi connectivity index (χ3v) is 2.52. The monoisotopic (exact) mass is 259 g/mol. The van der Waals surface area contributed by atoms with E-state index in [0.717, 1.165) is 18.5 Å². The Balaban J connectivity index is 2.24. The molecule has 0 saturated heterocycles. The third-order valence-electron chi connectivity index (χ3n) is 2.23. The van der Waals surface area contributed by atoms with Crippen LogP contribution in [0.4, 0.5) is 4.39 Å². The van der Waals surface area contributed by atoms with Gasteiger partial charge in [-0.25, -0.2) is 4.39 Å². The van der Waals surface area contributed by atoms with Crippen LogP contribution in [-0.2, 0) is 6.54 Å². The number of rotatable bonds is 6. The summed E-state index contributed by atoms with van der Waals surface area (Å²) in [7, 11) is 0. The van der Waals surface area contributed by atoms with Crippen LogP contribution in [-0.4, -0.2) is 17.6 Å². The molecule has 1 aromatic carbocycles. The van der Waals surface area contributed by atoms with Gasteiger partial charge in [-0.15, -0.1) is 0 Å². The topological polar surface area (TPSA) is 70.6 Å². The predicted molar refractivity (Wildman–Crippen MR) is 65.8 cm³/mol. The van der Waals surface area contributed by atoms with Crippen molar-refractivity contribution in [3.05, 3.63) is 34.6 Å². The maximum absolute atomic E-state index is 12.9. The molecule has 6 heteroatoms. The standard InChI is InChI=1S/C11H15ClFN3O/c12-9-6-8(3-4-10(9)13)7-15-5-1-2-11(14)16-17/h3-4,6,15,17H,1-2,5,7H2,(H2,14,16). The number of nitrogens with zero attached hydrogens (tertiary/aromatic N) is 1. The largest absolute Gasteiger partial charge is 0.409 e. The van der Waals surface area contributed by atoms with Crippen LogP contribution in [0.3, 0.4) is 0 Å². The Bertz CT molecular complexity index is 398. The second-order valence-electron chi connectivity index (χ2n) is 3.62. The summed E-state index contributed by atoms with van der Waals surface area (Å²) in [6, 6.07) is 4.61. The van der Waals surface area contributed by atoms with Crippen molar-refractivity contribution in [1.82, 2.24) is 5.32 Å². The fraction of sp³-hybridized carbons (Fsp3) is 0.364. The molecule has 0 aliphatic heterocycles. The SMILES string of the molecule is NC(CCCNCc1ccc(F)c(Cl)c1)=NO. The molecular formula is C11H15ClFN3O. The van der Waals surface area contributed by atoms with Gasteiger partial charge < -0.3 is 16.3 Å². The van der Waals surface area contributed by atoms with Gasteiger partial charge in [-0.05, 0) is 30.7 Å². The minimum absolute atomic E-state index is 0.126. The van der Waals surface area contributed by atoms with Gasteiger partial charge in [-0.1, -0.05) is 22.8 Å². The Hall–Kier alpha value is -1.33. The average Bonchev–Trinajstić information content (AvgIpc) is 2.33. The van der Waals surface area contributed by atoms with E-state index in [-0.39, 0.29) is 10.9 Å². The number of nitrogens with one attached hydrogen (secondary N) is 1. The lowest BCUT2D eigenvalue weighted by Gasteiger charge is -2.05. The van der Waals surface area contributed by atoms with Crippen molar-refractivity contribution in [2.75, 3.05) is 6.54 Å². The molecule has 1 rings (SSSR count). The summed E-state index contributed by atoms with van der Waals surface area (Å²) < 4.78 is 12.9. The first-order valence-corrected chi connectivity index (χ1v) is 5.62. The molecule has 0 bridgehead atoms. The smallest absolute Gasteiger partial charge is 0.141 e. The first-order chi connectivity index (χ1) is 8.13. The first kappa shape index (κ1) is 13.7. The van der Waals surface area contributed by atoms with E-state index < -0.39 is 5.82 Å². The number of benzene rings is 1. The number of oxime groups is 1. The molecule has 0 aliphatic rings. The van der Waals surface area contributed by atoms with Gasteiger partial charge in [0.15, 0.2) is 0 Å². The summed E-state index contributed by atoms with van der Waals surface area (Å²) in [5.74, 6) is -0.195. The molecule has 0 aromatic heterocycles. The quantitative estimate of drug-likeness (QED) is 0.241. The third kappa shape index (κ3) is 5.01. The summed E-state index contributed by atoms with van der Waals surface area (Å²) in [5, 5.41) is 14.5. The van der Waals surface area contributed by atoms with Crippen molar-refractivity contribution in [3.8, 4) is 0 Å². The second-order valence-corrected chi connectivity index (χ2v) is 4.03. The molecule has 94 valence electrons. The summed E-state index contributed by atoms with van der Waals surface area (Å²) in [5.41, 5.74) is 6.23. The minimum Gasteiger partial charge on any atom is -0.409 e. The average molecular weight is 260 g/mol. The molecule has 17 heavy (non-hydrogen) atoms. The van der Waals surface area contributed by atoms with Gasteiger partial charge in [0, 0.05) is 13.0 Å². The van der Waals surface area contributed by atoms with Crippen LogP contribution in [0, 0.1) is 5.82 Å². The highest BCUT2D eigenvalue weighted by molar-refractivity contribution is 6.30. The Kier molecular flexibility index (Phi) is 5.72. The van der Waals surface area contributed by atoms with Gasteiger partial charge in [0.2, 0.25) is 0 Å². The lowest BCUT2D eigenvalue weighted by Crippen LogP contribution is -2.18. The summed E-state index contributed by atoms with van der Waals surface area (Å²) in [4.78, 5) is 0. The highest BCUT2D eigenvalue weighted by Gasteiger charge is 2.00. The van der Waals surface area contributed by atoms with Crippen LogP contribution < -0.4 is 11.1 Å². The highest BCUT2D eigenvalue weighted by atomic mass is 35.5. The molecule has 0 radical (unpaired) electrons. The molecular weight excluding hydrogens is 245 g/mol. The fourth-order valence-corrected chi connectivity index (χ4v) is 1.53. The van der Waals surface area contributed by atoms with Crippen LogP contribution >= 0.6 is 11.6 Å². The molecule has 0 amide bonds. The molecule has 0 unspecified atom stereocenters. The van der Waals surface area contributed by atoms with Crippen LogP contribution in [0.2, 0.25) is 5.02 Å². The van der Waals surface area contributed by atoms with Crippen LogP contribution in [0.25, 0.3) is 0 Å². The van der Waals surface area contributed by atoms with Gasteiger partial charge in [0.25, 0.3) is 0 Å². The van der Waals surface area contributed by atoms with E-state index in [0.29, 0.717) is 13.0 Å².